The molecule has 1 aromatic heterocycles. The van der Waals surface area contributed by atoms with Crippen LogP contribution < -0.4 is 0 Å². The monoisotopic (exact) mass is 352 g/mol. The average Bonchev–Trinajstić information content (AvgIpc) is 3.06. The predicted octanol–water partition coefficient (Wildman–Crippen LogP) is 2.21. The molecule has 26 heavy (non-hydrogen) atoms. The fourth-order valence-corrected chi connectivity index (χ4v) is 4.22. The average molecular weight is 352 g/mol. The minimum absolute atomic E-state index is 0.123. The van der Waals surface area contributed by atoms with Gasteiger partial charge >= 0.3 is 0 Å². The van der Waals surface area contributed by atoms with Gasteiger partial charge in [0.1, 0.15) is 5.82 Å². The fraction of sp³-hybridized carbons (Fsp3) is 0.524. The second-order valence-corrected chi connectivity index (χ2v) is 7.59. The second kappa shape index (κ2) is 7.62. The number of hydrogen-bond acceptors (Lipinski definition) is 3. The summed E-state index contributed by atoms with van der Waals surface area (Å²) in [7, 11) is 0. The highest BCUT2D eigenvalue weighted by atomic mass is 16.2. The molecular formula is C21H28N4O. The van der Waals surface area contributed by atoms with Crippen LogP contribution in [0.2, 0.25) is 0 Å². The van der Waals surface area contributed by atoms with E-state index in [0.717, 1.165) is 69.9 Å². The Morgan fingerprint density at radius 2 is 1.96 bits per heavy atom. The SMILES string of the molecule is Cc1nc2c([nH]1)CC(C(=O)N1CCN(CCc3ccccc3)CC1)CC2. The minimum atomic E-state index is 0.123. The van der Waals surface area contributed by atoms with Gasteiger partial charge in [-0.05, 0) is 31.7 Å². The number of aryl methyl sites for hydroxylation is 2. The highest BCUT2D eigenvalue weighted by Gasteiger charge is 2.31. The largest absolute Gasteiger partial charge is 0.346 e. The number of rotatable bonds is 4. The Morgan fingerprint density at radius 3 is 2.73 bits per heavy atom. The van der Waals surface area contributed by atoms with Gasteiger partial charge in [0, 0.05) is 50.8 Å². The lowest BCUT2D eigenvalue weighted by Gasteiger charge is -2.37. The highest BCUT2D eigenvalue weighted by molar-refractivity contribution is 5.79. The van der Waals surface area contributed by atoms with Crippen LogP contribution in [0.4, 0.5) is 0 Å². The van der Waals surface area contributed by atoms with E-state index >= 15 is 0 Å². The van der Waals surface area contributed by atoms with Crippen molar-refractivity contribution in [2.45, 2.75) is 32.6 Å². The zero-order valence-electron chi connectivity index (χ0n) is 15.6. The van der Waals surface area contributed by atoms with Crippen LogP contribution in [0.1, 0.15) is 29.2 Å². The number of imidazole rings is 1. The highest BCUT2D eigenvalue weighted by Crippen LogP contribution is 2.25. The molecule has 5 heteroatoms. The van der Waals surface area contributed by atoms with Gasteiger partial charge in [-0.15, -0.1) is 0 Å². The van der Waals surface area contributed by atoms with Gasteiger partial charge in [-0.25, -0.2) is 4.98 Å². The molecule has 2 aliphatic rings. The molecule has 0 bridgehead atoms. The molecule has 1 N–H and O–H groups in total. The number of fused-ring (bicyclic) bond motifs is 1. The molecule has 1 aromatic carbocycles. The van der Waals surface area contributed by atoms with Gasteiger partial charge in [-0.1, -0.05) is 30.3 Å². The first kappa shape index (κ1) is 17.3. The van der Waals surface area contributed by atoms with Crippen molar-refractivity contribution in [3.05, 3.63) is 53.1 Å². The summed E-state index contributed by atoms with van der Waals surface area (Å²) in [5.74, 6) is 1.43. The molecule has 1 atom stereocenters. The first-order valence-electron chi connectivity index (χ1n) is 9.78. The van der Waals surface area contributed by atoms with E-state index in [2.05, 4.69) is 50.1 Å². The molecule has 2 heterocycles. The third kappa shape index (κ3) is 3.83. The minimum Gasteiger partial charge on any atom is -0.346 e. The second-order valence-electron chi connectivity index (χ2n) is 7.59. The molecule has 1 aliphatic heterocycles. The summed E-state index contributed by atoms with van der Waals surface area (Å²) in [6.45, 7) is 6.76. The Hall–Kier alpha value is -2.14. The molecule has 1 saturated heterocycles. The number of carbonyl (C=O) groups is 1. The van der Waals surface area contributed by atoms with E-state index in [1.54, 1.807) is 0 Å². The van der Waals surface area contributed by atoms with Crippen molar-refractivity contribution in [2.24, 2.45) is 5.92 Å². The number of carbonyl (C=O) groups excluding carboxylic acids is 1. The Balaban J connectivity index is 1.26. The van der Waals surface area contributed by atoms with Crippen molar-refractivity contribution in [1.82, 2.24) is 19.8 Å². The van der Waals surface area contributed by atoms with E-state index in [9.17, 15) is 4.79 Å². The van der Waals surface area contributed by atoms with Gasteiger partial charge in [0.15, 0.2) is 0 Å². The number of nitrogens with one attached hydrogen (secondary N) is 1. The van der Waals surface area contributed by atoms with Crippen LogP contribution in [0, 0.1) is 12.8 Å². The van der Waals surface area contributed by atoms with Crippen LogP contribution in [-0.2, 0) is 24.1 Å². The van der Waals surface area contributed by atoms with Crippen molar-refractivity contribution in [2.75, 3.05) is 32.7 Å². The Kier molecular flexibility index (Phi) is 5.07. The number of nitrogens with zero attached hydrogens (tertiary/aromatic N) is 3. The third-order valence-electron chi connectivity index (χ3n) is 5.76. The Morgan fingerprint density at radius 1 is 1.19 bits per heavy atom. The standard InChI is InChI=1S/C21H28N4O/c1-16-22-19-8-7-18(15-20(19)23-16)21(26)25-13-11-24(12-14-25)10-9-17-5-3-2-4-6-17/h2-6,18H,7-15H2,1H3,(H,22,23). The maximum atomic E-state index is 12.9. The van der Waals surface area contributed by atoms with E-state index in [4.69, 9.17) is 0 Å². The summed E-state index contributed by atoms with van der Waals surface area (Å²) in [5, 5.41) is 0. The molecule has 0 spiro atoms. The molecule has 1 aliphatic carbocycles. The molecule has 1 amide bonds. The van der Waals surface area contributed by atoms with E-state index in [1.807, 2.05) is 6.92 Å². The van der Waals surface area contributed by atoms with Crippen LogP contribution in [0.15, 0.2) is 30.3 Å². The van der Waals surface area contributed by atoms with Gasteiger partial charge in [0.2, 0.25) is 5.91 Å². The maximum absolute atomic E-state index is 12.9. The summed E-state index contributed by atoms with van der Waals surface area (Å²) in [6.07, 6.45) is 3.76. The number of hydrogen-bond donors (Lipinski definition) is 1. The van der Waals surface area contributed by atoms with Gasteiger partial charge in [-0.3, -0.25) is 9.69 Å². The molecule has 4 rings (SSSR count). The first-order chi connectivity index (χ1) is 12.7. The van der Waals surface area contributed by atoms with Crippen LogP contribution in [0.25, 0.3) is 0 Å². The lowest BCUT2D eigenvalue weighted by Crippen LogP contribution is -2.51. The number of piperazine rings is 1. The van der Waals surface area contributed by atoms with Crippen LogP contribution in [-0.4, -0.2) is 58.4 Å². The van der Waals surface area contributed by atoms with E-state index in [0.29, 0.717) is 5.91 Å². The molecule has 0 saturated carbocycles. The zero-order valence-corrected chi connectivity index (χ0v) is 15.6. The van der Waals surface area contributed by atoms with E-state index in [1.165, 1.54) is 11.3 Å². The molecule has 2 aromatic rings. The van der Waals surface area contributed by atoms with Crippen molar-refractivity contribution in [1.29, 1.82) is 0 Å². The summed E-state index contributed by atoms with van der Waals surface area (Å²) in [4.78, 5) is 25.3. The number of H-pyrrole nitrogens is 1. The summed E-state index contributed by atoms with van der Waals surface area (Å²) >= 11 is 0. The first-order valence-corrected chi connectivity index (χ1v) is 9.78. The van der Waals surface area contributed by atoms with Crippen molar-refractivity contribution >= 4 is 5.91 Å². The van der Waals surface area contributed by atoms with Gasteiger partial charge in [-0.2, -0.15) is 0 Å². The topological polar surface area (TPSA) is 52.2 Å². The third-order valence-corrected chi connectivity index (χ3v) is 5.76. The fourth-order valence-electron chi connectivity index (χ4n) is 4.22. The number of amides is 1. The van der Waals surface area contributed by atoms with Crippen LogP contribution in [0.5, 0.6) is 0 Å². The van der Waals surface area contributed by atoms with Gasteiger partial charge in [0.05, 0.1) is 5.69 Å². The smallest absolute Gasteiger partial charge is 0.226 e. The normalized spacial score (nSPS) is 20.8. The molecule has 1 unspecified atom stereocenters. The molecular weight excluding hydrogens is 324 g/mol. The summed E-state index contributed by atoms with van der Waals surface area (Å²) in [6, 6.07) is 10.6. The van der Waals surface area contributed by atoms with E-state index in [-0.39, 0.29) is 5.92 Å². The quantitative estimate of drug-likeness (QED) is 0.918. The lowest BCUT2D eigenvalue weighted by atomic mass is 9.88. The predicted molar refractivity (Wildman–Crippen MR) is 102 cm³/mol. The van der Waals surface area contributed by atoms with Crippen LogP contribution >= 0.6 is 0 Å². The van der Waals surface area contributed by atoms with E-state index < -0.39 is 0 Å². The van der Waals surface area contributed by atoms with Gasteiger partial charge in [0.25, 0.3) is 0 Å². The van der Waals surface area contributed by atoms with Crippen molar-refractivity contribution < 1.29 is 4.79 Å². The van der Waals surface area contributed by atoms with Crippen molar-refractivity contribution in [3.63, 3.8) is 0 Å². The Labute approximate surface area is 155 Å². The summed E-state index contributed by atoms with van der Waals surface area (Å²) < 4.78 is 0. The lowest BCUT2D eigenvalue weighted by molar-refractivity contribution is -0.137. The number of aromatic nitrogens is 2. The zero-order chi connectivity index (χ0) is 17.9. The molecule has 1 fully saturated rings. The summed E-state index contributed by atoms with van der Waals surface area (Å²) in [5.41, 5.74) is 3.73. The number of aromatic amines is 1. The van der Waals surface area contributed by atoms with Crippen molar-refractivity contribution in [3.8, 4) is 0 Å². The molecule has 138 valence electrons. The Bertz CT molecular complexity index is 747. The number of benzene rings is 1. The van der Waals surface area contributed by atoms with Gasteiger partial charge < -0.3 is 9.88 Å². The molecule has 5 nitrogen and oxygen atoms in total. The molecule has 0 radical (unpaired) electrons. The van der Waals surface area contributed by atoms with Crippen LogP contribution in [0.3, 0.4) is 0 Å². The maximum Gasteiger partial charge on any atom is 0.226 e.